The van der Waals surface area contributed by atoms with E-state index in [0.717, 1.165) is 32.1 Å². The van der Waals surface area contributed by atoms with Crippen LogP contribution in [-0.4, -0.2) is 30.1 Å². The highest BCUT2D eigenvalue weighted by Gasteiger charge is 2.68. The molecule has 196 valence electrons. The molecule has 0 aromatic heterocycles. The second-order valence-corrected chi connectivity index (χ2v) is 13.7. The average Bonchev–Trinajstić information content (AvgIpc) is 2.99. The van der Waals surface area contributed by atoms with Crippen LogP contribution in [0, 0.1) is 45.3 Å². The highest BCUT2D eigenvalue weighted by atomic mass is 16.5. The summed E-state index contributed by atoms with van der Waals surface area (Å²) in [6.45, 7) is 15.6. The molecule has 8 atom stereocenters. The molecular weight excluding hydrogens is 436 g/mol. The molecule has 0 aliphatic heterocycles. The van der Waals surface area contributed by atoms with Crippen LogP contribution in [0.5, 0.6) is 0 Å². The third-order valence-electron chi connectivity index (χ3n) is 11.6. The monoisotopic (exact) mass is 484 g/mol. The number of carbonyl (C=O) groups is 2. The maximum Gasteiger partial charge on any atom is 0.309 e. The molecule has 0 spiro atoms. The molecule has 0 aromatic carbocycles. The Morgan fingerprint density at radius 2 is 1.89 bits per heavy atom. The van der Waals surface area contributed by atoms with Gasteiger partial charge < -0.3 is 9.84 Å². The molecule has 3 saturated carbocycles. The first-order valence-corrected chi connectivity index (χ1v) is 13.9. The highest BCUT2D eigenvalue weighted by Crippen LogP contribution is 2.73. The summed E-state index contributed by atoms with van der Waals surface area (Å²) >= 11 is 0. The summed E-state index contributed by atoms with van der Waals surface area (Å²) in [5.41, 5.74) is 2.27. The lowest BCUT2D eigenvalue weighted by molar-refractivity contribution is -0.154. The van der Waals surface area contributed by atoms with Gasteiger partial charge in [-0.2, -0.15) is 0 Å². The van der Waals surface area contributed by atoms with Crippen LogP contribution in [0.4, 0.5) is 0 Å². The molecule has 4 nitrogen and oxygen atoms in total. The van der Waals surface area contributed by atoms with E-state index in [-0.39, 0.29) is 39.5 Å². The molecule has 0 saturated heterocycles. The SMILES string of the molecule is COC(=O)C(CCC=C(C)C)C1C(O)C[C@@]2(C)C3=CCC4C(C)(C)C(=O)CC[C@]4(C)C3CC[C@]12C. The minimum Gasteiger partial charge on any atom is -0.469 e. The van der Waals surface area contributed by atoms with Crippen LogP contribution in [0.3, 0.4) is 0 Å². The van der Waals surface area contributed by atoms with Crippen molar-refractivity contribution in [2.45, 2.75) is 106 Å². The third-order valence-corrected chi connectivity index (χ3v) is 11.6. The lowest BCUT2D eigenvalue weighted by atomic mass is 9.41. The Labute approximate surface area is 213 Å². The van der Waals surface area contributed by atoms with Gasteiger partial charge in [-0.3, -0.25) is 9.59 Å². The number of hydrogen-bond donors (Lipinski definition) is 1. The van der Waals surface area contributed by atoms with Crippen LogP contribution >= 0.6 is 0 Å². The lowest BCUT2D eigenvalue weighted by Crippen LogP contribution is -2.57. The molecule has 4 heteroatoms. The zero-order valence-corrected chi connectivity index (χ0v) is 23.4. The predicted molar refractivity (Wildman–Crippen MR) is 140 cm³/mol. The van der Waals surface area contributed by atoms with Gasteiger partial charge in [-0.25, -0.2) is 0 Å². The van der Waals surface area contributed by atoms with E-state index in [1.54, 1.807) is 0 Å². The smallest absolute Gasteiger partial charge is 0.309 e. The number of ether oxygens (including phenoxy) is 1. The Kier molecular flexibility index (Phi) is 6.74. The number of ketones is 1. The van der Waals surface area contributed by atoms with Crippen LogP contribution in [0.15, 0.2) is 23.3 Å². The Bertz CT molecular complexity index is 940. The summed E-state index contributed by atoms with van der Waals surface area (Å²) < 4.78 is 5.30. The number of allylic oxidation sites excluding steroid dienone is 4. The summed E-state index contributed by atoms with van der Waals surface area (Å²) in [7, 11) is 1.48. The van der Waals surface area contributed by atoms with Crippen molar-refractivity contribution in [3.05, 3.63) is 23.3 Å². The molecular formula is C31H48O4. The number of aliphatic hydroxyl groups excluding tert-OH is 1. The fraction of sp³-hybridized carbons (Fsp3) is 0.806. The summed E-state index contributed by atoms with van der Waals surface area (Å²) in [6.07, 6.45) is 11.0. The summed E-state index contributed by atoms with van der Waals surface area (Å²) in [5.74, 6) is 0.639. The molecule has 0 radical (unpaired) electrons. The molecule has 0 amide bonds. The Balaban J connectivity index is 1.72. The normalized spacial score (nSPS) is 42.8. The molecule has 0 bridgehead atoms. The predicted octanol–water partition coefficient (Wildman–Crippen LogP) is 6.67. The third kappa shape index (κ3) is 3.80. The van der Waals surface area contributed by atoms with Crippen molar-refractivity contribution in [2.24, 2.45) is 45.3 Å². The summed E-state index contributed by atoms with van der Waals surface area (Å²) in [6, 6.07) is 0. The molecule has 5 unspecified atom stereocenters. The molecule has 4 aliphatic rings. The minimum atomic E-state index is -0.518. The first-order chi connectivity index (χ1) is 16.2. The van der Waals surface area contributed by atoms with Gasteiger partial charge in [-0.15, -0.1) is 0 Å². The second kappa shape index (κ2) is 8.85. The molecule has 4 aliphatic carbocycles. The number of methoxy groups -OCH3 is 1. The number of hydrogen-bond acceptors (Lipinski definition) is 4. The molecule has 3 fully saturated rings. The number of aliphatic hydroxyl groups is 1. The quantitative estimate of drug-likeness (QED) is 0.350. The molecule has 35 heavy (non-hydrogen) atoms. The van der Waals surface area contributed by atoms with Gasteiger partial charge in [0.1, 0.15) is 5.78 Å². The number of Topliss-reactive ketones (excluding diaryl/α,β-unsaturated/α-hetero) is 1. The maximum absolute atomic E-state index is 13.1. The zero-order chi connectivity index (χ0) is 26.0. The topological polar surface area (TPSA) is 63.6 Å². The molecule has 0 aromatic rings. The first-order valence-electron chi connectivity index (χ1n) is 13.9. The van der Waals surface area contributed by atoms with Gasteiger partial charge in [0.2, 0.25) is 0 Å². The molecule has 0 heterocycles. The van der Waals surface area contributed by atoms with E-state index in [1.807, 2.05) is 0 Å². The van der Waals surface area contributed by atoms with Gasteiger partial charge in [0.05, 0.1) is 19.1 Å². The van der Waals surface area contributed by atoms with E-state index < -0.39 is 6.10 Å². The number of carbonyl (C=O) groups excluding carboxylic acids is 2. The summed E-state index contributed by atoms with van der Waals surface area (Å²) in [5, 5.41) is 11.6. The number of esters is 1. The van der Waals surface area contributed by atoms with Gasteiger partial charge in [0.15, 0.2) is 0 Å². The van der Waals surface area contributed by atoms with Crippen molar-refractivity contribution < 1.29 is 19.4 Å². The van der Waals surface area contributed by atoms with Crippen molar-refractivity contribution in [3.63, 3.8) is 0 Å². The average molecular weight is 485 g/mol. The Hall–Kier alpha value is -1.42. The Morgan fingerprint density at radius 1 is 1.20 bits per heavy atom. The number of rotatable bonds is 5. The van der Waals surface area contributed by atoms with Gasteiger partial charge in [0, 0.05) is 17.8 Å². The van der Waals surface area contributed by atoms with Crippen LogP contribution in [0.1, 0.15) is 99.8 Å². The van der Waals surface area contributed by atoms with E-state index in [4.69, 9.17) is 4.74 Å². The van der Waals surface area contributed by atoms with Gasteiger partial charge in [-0.1, -0.05) is 57.9 Å². The van der Waals surface area contributed by atoms with Gasteiger partial charge in [0.25, 0.3) is 0 Å². The lowest BCUT2D eigenvalue weighted by Gasteiger charge is -2.63. The molecule has 1 N–H and O–H groups in total. The van der Waals surface area contributed by atoms with Crippen LogP contribution in [0.2, 0.25) is 0 Å². The minimum absolute atomic E-state index is 0.109. The van der Waals surface area contributed by atoms with Crippen molar-refractivity contribution in [1.82, 2.24) is 0 Å². The fourth-order valence-electron chi connectivity index (χ4n) is 9.48. The molecule has 4 rings (SSSR count). The van der Waals surface area contributed by atoms with E-state index >= 15 is 0 Å². The standard InChI is InChI=1S/C31H48O4/c1-19(2)10-9-11-20(27(34)35-8)26-23(32)18-31(7)22-12-13-24-28(3,4)25(33)15-16-29(24,5)21(22)14-17-30(26,31)6/h10,12,20-21,23-24,26,32H,9,11,13-18H2,1-8H3/t20?,21?,23?,24?,26?,29-,30-,31+/m1/s1. The first kappa shape index (κ1) is 26.6. The van der Waals surface area contributed by atoms with Crippen molar-refractivity contribution >= 4 is 11.8 Å². The van der Waals surface area contributed by atoms with Crippen molar-refractivity contribution in [3.8, 4) is 0 Å². The van der Waals surface area contributed by atoms with Crippen LogP contribution in [0.25, 0.3) is 0 Å². The zero-order valence-electron chi connectivity index (χ0n) is 23.4. The van der Waals surface area contributed by atoms with Crippen LogP contribution < -0.4 is 0 Å². The van der Waals surface area contributed by atoms with E-state index in [0.29, 0.717) is 36.9 Å². The van der Waals surface area contributed by atoms with E-state index in [2.05, 4.69) is 60.6 Å². The largest absolute Gasteiger partial charge is 0.469 e. The second-order valence-electron chi connectivity index (χ2n) is 13.7. The van der Waals surface area contributed by atoms with E-state index in [9.17, 15) is 14.7 Å². The Morgan fingerprint density at radius 3 is 2.51 bits per heavy atom. The van der Waals surface area contributed by atoms with Crippen molar-refractivity contribution in [2.75, 3.05) is 7.11 Å². The van der Waals surface area contributed by atoms with Crippen LogP contribution in [-0.2, 0) is 14.3 Å². The maximum atomic E-state index is 13.1. The van der Waals surface area contributed by atoms with Gasteiger partial charge in [-0.05, 0) is 86.9 Å². The van der Waals surface area contributed by atoms with Gasteiger partial charge >= 0.3 is 5.97 Å². The summed E-state index contributed by atoms with van der Waals surface area (Å²) in [4.78, 5) is 25.9. The number of fused-ring (bicyclic) bond motifs is 5. The van der Waals surface area contributed by atoms with Crippen molar-refractivity contribution in [1.29, 1.82) is 0 Å². The fourth-order valence-corrected chi connectivity index (χ4v) is 9.48. The highest BCUT2D eigenvalue weighted by molar-refractivity contribution is 5.85. The van der Waals surface area contributed by atoms with E-state index in [1.165, 1.54) is 18.3 Å².